The molecule has 1 aromatic rings. The highest BCUT2D eigenvalue weighted by Crippen LogP contribution is 2.22. The molecule has 72 valence electrons. The minimum Gasteiger partial charge on any atom is -0.396 e. The molecule has 0 aliphatic carbocycles. The van der Waals surface area contributed by atoms with Crippen LogP contribution in [0.2, 0.25) is 0 Å². The van der Waals surface area contributed by atoms with Crippen LogP contribution in [0.4, 0.5) is 10.1 Å². The van der Waals surface area contributed by atoms with Gasteiger partial charge in [-0.15, -0.1) is 11.8 Å². The number of hydrogen-bond donors (Lipinski definition) is 2. The van der Waals surface area contributed by atoms with Crippen molar-refractivity contribution < 1.29 is 4.39 Å². The average Bonchev–Trinajstić information content (AvgIpc) is 2.12. The van der Waals surface area contributed by atoms with E-state index in [4.69, 9.17) is 11.5 Å². The van der Waals surface area contributed by atoms with Gasteiger partial charge in [-0.05, 0) is 36.9 Å². The molecule has 0 aliphatic rings. The monoisotopic (exact) mass is 200 g/mol. The Labute approximate surface area is 81.5 Å². The van der Waals surface area contributed by atoms with Crippen molar-refractivity contribution in [2.45, 2.75) is 11.3 Å². The Hall–Kier alpha value is -0.740. The van der Waals surface area contributed by atoms with E-state index >= 15 is 0 Å². The molecule has 0 atom stereocenters. The lowest BCUT2D eigenvalue weighted by Gasteiger charge is -2.01. The van der Waals surface area contributed by atoms with Crippen molar-refractivity contribution in [1.29, 1.82) is 0 Å². The van der Waals surface area contributed by atoms with Gasteiger partial charge < -0.3 is 11.5 Å². The number of anilines is 1. The number of halogens is 1. The van der Waals surface area contributed by atoms with Crippen LogP contribution in [0.1, 0.15) is 6.42 Å². The van der Waals surface area contributed by atoms with Crippen molar-refractivity contribution in [1.82, 2.24) is 0 Å². The second kappa shape index (κ2) is 5.09. The maximum Gasteiger partial charge on any atom is 0.147 e. The molecule has 0 radical (unpaired) electrons. The Bertz CT molecular complexity index is 278. The van der Waals surface area contributed by atoms with E-state index in [0.717, 1.165) is 17.1 Å². The zero-order valence-corrected chi connectivity index (χ0v) is 8.11. The van der Waals surface area contributed by atoms with Gasteiger partial charge in [0.25, 0.3) is 0 Å². The summed E-state index contributed by atoms with van der Waals surface area (Å²) in [6, 6.07) is 4.86. The predicted octanol–water partition coefficient (Wildman–Crippen LogP) is 1.85. The van der Waals surface area contributed by atoms with Crippen molar-refractivity contribution in [2.75, 3.05) is 18.0 Å². The maximum atomic E-state index is 12.9. The van der Waals surface area contributed by atoms with Crippen LogP contribution in [-0.2, 0) is 0 Å². The molecule has 0 saturated carbocycles. The van der Waals surface area contributed by atoms with E-state index in [1.165, 1.54) is 6.07 Å². The molecule has 0 spiro atoms. The third-order valence-electron chi connectivity index (χ3n) is 1.59. The lowest BCUT2D eigenvalue weighted by atomic mass is 10.3. The van der Waals surface area contributed by atoms with E-state index < -0.39 is 0 Å². The highest BCUT2D eigenvalue weighted by atomic mass is 32.2. The molecule has 0 bridgehead atoms. The number of hydrogen-bond acceptors (Lipinski definition) is 3. The zero-order chi connectivity index (χ0) is 9.68. The van der Waals surface area contributed by atoms with Crippen LogP contribution in [0.15, 0.2) is 23.1 Å². The molecule has 4 N–H and O–H groups in total. The summed E-state index contributed by atoms with van der Waals surface area (Å²) in [4.78, 5) is 0.903. The van der Waals surface area contributed by atoms with Gasteiger partial charge in [0, 0.05) is 4.90 Å². The summed E-state index contributed by atoms with van der Waals surface area (Å²) in [5.74, 6) is 0.567. The number of nitrogen functional groups attached to an aromatic ring is 1. The minimum absolute atomic E-state index is 0.197. The van der Waals surface area contributed by atoms with Crippen LogP contribution < -0.4 is 11.5 Å². The first kappa shape index (κ1) is 10.3. The zero-order valence-electron chi connectivity index (χ0n) is 7.29. The van der Waals surface area contributed by atoms with Gasteiger partial charge in [-0.2, -0.15) is 0 Å². The average molecular weight is 200 g/mol. The fourth-order valence-corrected chi connectivity index (χ4v) is 1.77. The molecule has 0 fully saturated rings. The minimum atomic E-state index is -0.349. The van der Waals surface area contributed by atoms with Crippen molar-refractivity contribution in [3.63, 3.8) is 0 Å². The smallest absolute Gasteiger partial charge is 0.147 e. The normalized spacial score (nSPS) is 10.3. The molecular formula is C9H13FN2S. The van der Waals surface area contributed by atoms with Crippen LogP contribution in [0.25, 0.3) is 0 Å². The summed E-state index contributed by atoms with van der Waals surface area (Å²) < 4.78 is 12.9. The molecule has 0 unspecified atom stereocenters. The molecule has 13 heavy (non-hydrogen) atoms. The number of nitrogens with two attached hydrogens (primary N) is 2. The van der Waals surface area contributed by atoms with Crippen molar-refractivity contribution in [2.24, 2.45) is 5.73 Å². The predicted molar refractivity (Wildman–Crippen MR) is 55.2 cm³/mol. The largest absolute Gasteiger partial charge is 0.396 e. The summed E-state index contributed by atoms with van der Waals surface area (Å²) in [6.45, 7) is 0.671. The Kier molecular flexibility index (Phi) is 4.05. The Morgan fingerprint density at radius 2 is 2.15 bits per heavy atom. The Morgan fingerprint density at radius 3 is 2.77 bits per heavy atom. The summed E-state index contributed by atoms with van der Waals surface area (Å²) in [6.07, 6.45) is 0.941. The van der Waals surface area contributed by atoms with E-state index in [9.17, 15) is 4.39 Å². The van der Waals surface area contributed by atoms with Crippen LogP contribution in [0.3, 0.4) is 0 Å². The maximum absolute atomic E-state index is 12.9. The van der Waals surface area contributed by atoms with Gasteiger partial charge in [-0.3, -0.25) is 0 Å². The summed E-state index contributed by atoms with van der Waals surface area (Å²) in [5.41, 5.74) is 10.9. The van der Waals surface area contributed by atoms with Crippen molar-refractivity contribution in [3.8, 4) is 0 Å². The highest BCUT2D eigenvalue weighted by Gasteiger charge is 1.99. The standard InChI is InChI=1S/C9H13FN2S/c10-8-6-7(2-3-9(8)12)13-5-1-4-11/h2-3,6H,1,4-5,11-12H2. The Balaban J connectivity index is 2.53. The number of rotatable bonds is 4. The van der Waals surface area contributed by atoms with Gasteiger partial charge in [-0.25, -0.2) is 4.39 Å². The molecule has 4 heteroatoms. The quantitative estimate of drug-likeness (QED) is 0.443. The highest BCUT2D eigenvalue weighted by molar-refractivity contribution is 7.99. The first-order chi connectivity index (χ1) is 6.24. The third-order valence-corrected chi connectivity index (χ3v) is 2.67. The first-order valence-electron chi connectivity index (χ1n) is 4.12. The molecule has 2 nitrogen and oxygen atoms in total. The van der Waals surface area contributed by atoms with Gasteiger partial charge in [0.1, 0.15) is 5.82 Å². The van der Waals surface area contributed by atoms with E-state index in [1.54, 1.807) is 17.8 Å². The van der Waals surface area contributed by atoms with Crippen LogP contribution >= 0.6 is 11.8 Å². The third kappa shape index (κ3) is 3.24. The van der Waals surface area contributed by atoms with Crippen LogP contribution in [-0.4, -0.2) is 12.3 Å². The van der Waals surface area contributed by atoms with Gasteiger partial charge in [0.2, 0.25) is 0 Å². The van der Waals surface area contributed by atoms with E-state index in [1.807, 2.05) is 6.07 Å². The molecular weight excluding hydrogens is 187 g/mol. The van der Waals surface area contributed by atoms with E-state index in [0.29, 0.717) is 6.54 Å². The molecule has 0 aromatic heterocycles. The second-order valence-electron chi connectivity index (χ2n) is 2.67. The van der Waals surface area contributed by atoms with Crippen LogP contribution in [0.5, 0.6) is 0 Å². The van der Waals surface area contributed by atoms with Gasteiger partial charge >= 0.3 is 0 Å². The molecule has 0 saturated heterocycles. The van der Waals surface area contributed by atoms with Crippen LogP contribution in [0, 0.1) is 5.82 Å². The van der Waals surface area contributed by atoms with Gasteiger partial charge in [-0.1, -0.05) is 0 Å². The molecule has 1 rings (SSSR count). The fourth-order valence-electron chi connectivity index (χ4n) is 0.871. The number of benzene rings is 1. The lowest BCUT2D eigenvalue weighted by Crippen LogP contribution is -1.99. The lowest BCUT2D eigenvalue weighted by molar-refractivity contribution is 0.629. The molecule has 1 aromatic carbocycles. The topological polar surface area (TPSA) is 52.0 Å². The van der Waals surface area contributed by atoms with Crippen molar-refractivity contribution >= 4 is 17.4 Å². The number of thioether (sulfide) groups is 1. The van der Waals surface area contributed by atoms with E-state index in [-0.39, 0.29) is 11.5 Å². The first-order valence-corrected chi connectivity index (χ1v) is 5.10. The molecule has 0 amide bonds. The Morgan fingerprint density at radius 1 is 1.38 bits per heavy atom. The summed E-state index contributed by atoms with van der Waals surface area (Å²) in [7, 11) is 0. The van der Waals surface area contributed by atoms with Crippen molar-refractivity contribution in [3.05, 3.63) is 24.0 Å². The summed E-state index contributed by atoms with van der Waals surface area (Å²) in [5, 5.41) is 0. The molecule has 0 heterocycles. The molecule has 0 aliphatic heterocycles. The fraction of sp³-hybridized carbons (Fsp3) is 0.333. The summed E-state index contributed by atoms with van der Waals surface area (Å²) >= 11 is 1.59. The van der Waals surface area contributed by atoms with Gasteiger partial charge in [0.15, 0.2) is 0 Å². The van der Waals surface area contributed by atoms with E-state index in [2.05, 4.69) is 0 Å². The second-order valence-corrected chi connectivity index (χ2v) is 3.84. The van der Waals surface area contributed by atoms with Gasteiger partial charge in [0.05, 0.1) is 5.69 Å². The SMILES string of the molecule is NCCCSc1ccc(N)c(F)c1.